The molecule has 0 unspecified atom stereocenters. The zero-order valence-electron chi connectivity index (χ0n) is 17.9. The predicted octanol–water partition coefficient (Wildman–Crippen LogP) is 1.18. The van der Waals surface area contributed by atoms with Crippen molar-refractivity contribution in [3.05, 3.63) is 17.1 Å². The minimum absolute atomic E-state index is 0.0298. The van der Waals surface area contributed by atoms with E-state index in [1.165, 1.54) is 0 Å². The molecule has 1 amide bonds. The number of hydrogen-bond donors (Lipinski definition) is 3. The van der Waals surface area contributed by atoms with Gasteiger partial charge in [0.2, 0.25) is 5.91 Å². The average Bonchev–Trinajstić information content (AvgIpc) is 2.93. The second-order valence-corrected chi connectivity index (χ2v) is 8.26. The SMILES string of the molecule is Cc1nc(C)c(C)c(N[C@H]2CC[C@@H](C(=O)NCCO)CN(C3CCOCC3)C2)n1. The van der Waals surface area contributed by atoms with E-state index in [2.05, 4.69) is 32.4 Å². The Kier molecular flexibility index (Phi) is 7.80. The summed E-state index contributed by atoms with van der Waals surface area (Å²) in [6.07, 6.45) is 3.72. The zero-order valence-corrected chi connectivity index (χ0v) is 17.9. The molecule has 0 spiro atoms. The van der Waals surface area contributed by atoms with Gasteiger partial charge in [0, 0.05) is 56.2 Å². The molecule has 0 bridgehead atoms. The van der Waals surface area contributed by atoms with E-state index in [1.54, 1.807) is 0 Å². The van der Waals surface area contributed by atoms with Crippen LogP contribution in [0.5, 0.6) is 0 Å². The summed E-state index contributed by atoms with van der Waals surface area (Å²) in [6.45, 7) is 9.46. The molecular weight excluding hydrogens is 370 g/mol. The van der Waals surface area contributed by atoms with Crippen molar-refractivity contribution in [2.45, 2.75) is 58.5 Å². The number of carbonyl (C=O) groups excluding carboxylic acids is 1. The maximum atomic E-state index is 12.6. The van der Waals surface area contributed by atoms with Gasteiger partial charge in [0.15, 0.2) is 0 Å². The highest BCUT2D eigenvalue weighted by Gasteiger charge is 2.32. The molecule has 29 heavy (non-hydrogen) atoms. The summed E-state index contributed by atoms with van der Waals surface area (Å²) in [5.74, 6) is 1.65. The van der Waals surface area contributed by atoms with E-state index in [9.17, 15) is 4.79 Å². The summed E-state index contributed by atoms with van der Waals surface area (Å²) < 4.78 is 5.55. The number of aryl methyl sites for hydroxylation is 2. The number of aliphatic hydroxyl groups excluding tert-OH is 1. The molecule has 3 N–H and O–H groups in total. The van der Waals surface area contributed by atoms with Crippen LogP contribution in [0.1, 0.15) is 42.8 Å². The molecule has 2 fully saturated rings. The topological polar surface area (TPSA) is 99.6 Å². The van der Waals surface area contributed by atoms with Gasteiger partial charge in [0.05, 0.1) is 12.5 Å². The summed E-state index contributed by atoms with van der Waals surface area (Å²) in [6, 6.07) is 0.662. The van der Waals surface area contributed by atoms with Crippen molar-refractivity contribution in [2.24, 2.45) is 5.92 Å². The Morgan fingerprint density at radius 2 is 1.90 bits per heavy atom. The first-order valence-electron chi connectivity index (χ1n) is 10.8. The molecule has 2 saturated heterocycles. The van der Waals surface area contributed by atoms with Gasteiger partial charge in [-0.05, 0) is 46.5 Å². The molecule has 8 heteroatoms. The number of amides is 1. The molecule has 1 aromatic heterocycles. The van der Waals surface area contributed by atoms with E-state index in [0.717, 1.165) is 74.9 Å². The van der Waals surface area contributed by atoms with Gasteiger partial charge in [0.25, 0.3) is 0 Å². The molecule has 8 nitrogen and oxygen atoms in total. The summed E-state index contributed by atoms with van der Waals surface area (Å²) in [7, 11) is 0. The van der Waals surface area contributed by atoms with Gasteiger partial charge in [-0.3, -0.25) is 9.69 Å². The van der Waals surface area contributed by atoms with E-state index in [1.807, 2.05) is 13.8 Å². The van der Waals surface area contributed by atoms with Gasteiger partial charge in [-0.15, -0.1) is 0 Å². The van der Waals surface area contributed by atoms with Crippen LogP contribution in [0, 0.1) is 26.7 Å². The normalized spacial score (nSPS) is 24.1. The Labute approximate surface area is 173 Å². The number of ether oxygens (including phenoxy) is 1. The van der Waals surface area contributed by atoms with E-state index in [0.29, 0.717) is 12.6 Å². The summed E-state index contributed by atoms with van der Waals surface area (Å²) in [4.78, 5) is 24.2. The van der Waals surface area contributed by atoms with Crippen LogP contribution in [0.3, 0.4) is 0 Å². The van der Waals surface area contributed by atoms with Crippen molar-refractivity contribution in [3.63, 3.8) is 0 Å². The second kappa shape index (κ2) is 10.3. The van der Waals surface area contributed by atoms with Gasteiger partial charge in [-0.1, -0.05) is 0 Å². The number of likely N-dealkylation sites (tertiary alicyclic amines) is 1. The van der Waals surface area contributed by atoms with Gasteiger partial charge in [-0.2, -0.15) is 0 Å². The Morgan fingerprint density at radius 3 is 2.62 bits per heavy atom. The molecule has 3 heterocycles. The lowest BCUT2D eigenvalue weighted by atomic mass is 10.00. The minimum Gasteiger partial charge on any atom is -0.395 e. The third kappa shape index (κ3) is 5.87. The average molecular weight is 406 g/mol. The number of aliphatic hydroxyl groups is 1. The van der Waals surface area contributed by atoms with Crippen molar-refractivity contribution in [3.8, 4) is 0 Å². The van der Waals surface area contributed by atoms with E-state index in [4.69, 9.17) is 9.84 Å². The van der Waals surface area contributed by atoms with E-state index >= 15 is 0 Å². The largest absolute Gasteiger partial charge is 0.395 e. The second-order valence-electron chi connectivity index (χ2n) is 8.26. The molecule has 2 aliphatic rings. The number of hydrogen-bond acceptors (Lipinski definition) is 7. The van der Waals surface area contributed by atoms with Crippen LogP contribution in [0.25, 0.3) is 0 Å². The van der Waals surface area contributed by atoms with Crippen molar-refractivity contribution >= 4 is 11.7 Å². The minimum atomic E-state index is -0.0637. The summed E-state index contributed by atoms with van der Waals surface area (Å²) in [5.41, 5.74) is 2.07. The quantitative estimate of drug-likeness (QED) is 0.654. The Bertz CT molecular complexity index is 693. The summed E-state index contributed by atoms with van der Waals surface area (Å²) in [5, 5.41) is 15.5. The Balaban J connectivity index is 1.75. The van der Waals surface area contributed by atoms with E-state index in [-0.39, 0.29) is 24.5 Å². The number of aromatic nitrogens is 2. The first-order valence-corrected chi connectivity index (χ1v) is 10.8. The molecule has 0 radical (unpaired) electrons. The smallest absolute Gasteiger partial charge is 0.224 e. The number of nitrogens with zero attached hydrogens (tertiary/aromatic N) is 3. The highest BCUT2D eigenvalue weighted by Crippen LogP contribution is 2.25. The van der Waals surface area contributed by atoms with E-state index < -0.39 is 0 Å². The van der Waals surface area contributed by atoms with Crippen molar-refractivity contribution in [1.29, 1.82) is 0 Å². The maximum absolute atomic E-state index is 12.6. The fourth-order valence-electron chi connectivity index (χ4n) is 4.33. The number of anilines is 1. The van der Waals surface area contributed by atoms with Gasteiger partial charge < -0.3 is 20.5 Å². The van der Waals surface area contributed by atoms with Crippen LogP contribution in [0.2, 0.25) is 0 Å². The molecule has 162 valence electrons. The monoisotopic (exact) mass is 405 g/mol. The number of rotatable bonds is 6. The molecule has 1 aromatic rings. The molecule has 2 atom stereocenters. The highest BCUT2D eigenvalue weighted by atomic mass is 16.5. The zero-order chi connectivity index (χ0) is 20.8. The molecule has 0 saturated carbocycles. The van der Waals surface area contributed by atoms with Crippen LogP contribution >= 0.6 is 0 Å². The van der Waals surface area contributed by atoms with Crippen LogP contribution in [-0.4, -0.2) is 77.4 Å². The standard InChI is InChI=1S/C21H35N5O3/c1-14-15(2)23-16(3)24-20(14)25-18-5-4-17(21(28)22-8-9-27)12-26(13-18)19-6-10-29-11-7-19/h17-19,27H,4-13H2,1-3H3,(H,22,28)(H,23,24,25)/t17-,18+/m1/s1. The van der Waals surface area contributed by atoms with Crippen molar-refractivity contribution in [1.82, 2.24) is 20.2 Å². The summed E-state index contributed by atoms with van der Waals surface area (Å²) >= 11 is 0. The first-order chi connectivity index (χ1) is 14.0. The van der Waals surface area contributed by atoms with Crippen LogP contribution in [0.15, 0.2) is 0 Å². The van der Waals surface area contributed by atoms with Crippen LogP contribution < -0.4 is 10.6 Å². The Morgan fingerprint density at radius 1 is 1.14 bits per heavy atom. The maximum Gasteiger partial charge on any atom is 0.224 e. The molecule has 3 rings (SSSR count). The van der Waals surface area contributed by atoms with Gasteiger partial charge >= 0.3 is 0 Å². The third-order valence-electron chi connectivity index (χ3n) is 6.10. The number of carbonyl (C=O) groups is 1. The fourth-order valence-corrected chi connectivity index (χ4v) is 4.33. The fraction of sp³-hybridized carbons (Fsp3) is 0.762. The Hall–Kier alpha value is -1.77. The van der Waals surface area contributed by atoms with Crippen molar-refractivity contribution < 1.29 is 14.6 Å². The highest BCUT2D eigenvalue weighted by molar-refractivity contribution is 5.78. The molecule has 0 aliphatic carbocycles. The molecule has 0 aromatic carbocycles. The molecule has 2 aliphatic heterocycles. The number of nitrogens with one attached hydrogen (secondary N) is 2. The lowest BCUT2D eigenvalue weighted by Crippen LogP contribution is -2.47. The lowest BCUT2D eigenvalue weighted by Gasteiger charge is -2.36. The van der Waals surface area contributed by atoms with Crippen molar-refractivity contribution in [2.75, 3.05) is 44.8 Å². The third-order valence-corrected chi connectivity index (χ3v) is 6.10. The lowest BCUT2D eigenvalue weighted by molar-refractivity contribution is -0.126. The van der Waals surface area contributed by atoms with Crippen LogP contribution in [-0.2, 0) is 9.53 Å². The van der Waals surface area contributed by atoms with Gasteiger partial charge in [-0.25, -0.2) is 9.97 Å². The molecular formula is C21H35N5O3. The predicted molar refractivity (Wildman–Crippen MR) is 112 cm³/mol. The first kappa shape index (κ1) is 21.9. The van der Waals surface area contributed by atoms with Gasteiger partial charge in [0.1, 0.15) is 11.6 Å². The van der Waals surface area contributed by atoms with Crippen LogP contribution in [0.4, 0.5) is 5.82 Å².